The molecule has 1 aromatic heterocycles. The molecule has 0 atom stereocenters. The Bertz CT molecular complexity index is 2140. The molecule has 4 aromatic carbocycles. The van der Waals surface area contributed by atoms with Crippen molar-refractivity contribution < 1.29 is 41.8 Å². The van der Waals surface area contributed by atoms with Gasteiger partial charge in [-0.2, -0.15) is 4.31 Å². The van der Waals surface area contributed by atoms with Gasteiger partial charge in [0.15, 0.2) is 5.75 Å². The highest BCUT2D eigenvalue weighted by Gasteiger charge is 2.30. The van der Waals surface area contributed by atoms with Gasteiger partial charge in [-0.3, -0.25) is 10.0 Å². The molecule has 0 aliphatic heterocycles. The van der Waals surface area contributed by atoms with Crippen molar-refractivity contribution in [1.29, 1.82) is 0 Å². The summed E-state index contributed by atoms with van der Waals surface area (Å²) >= 11 is 12.3. The minimum Gasteiger partial charge on any atom is -0.505 e. The van der Waals surface area contributed by atoms with Crippen LogP contribution in [0, 0.1) is 17.6 Å². The lowest BCUT2D eigenvalue weighted by Gasteiger charge is -2.26. The van der Waals surface area contributed by atoms with Crippen molar-refractivity contribution in [2.24, 2.45) is 5.92 Å². The topological polar surface area (TPSA) is 111 Å². The minimum absolute atomic E-state index is 0.0184. The molecule has 0 saturated carbocycles. The van der Waals surface area contributed by atoms with Gasteiger partial charge in [0.05, 0.1) is 5.02 Å². The van der Waals surface area contributed by atoms with E-state index in [-0.39, 0.29) is 52.8 Å². The molecular weight excluding hydrogens is 723 g/mol. The van der Waals surface area contributed by atoms with Gasteiger partial charge in [0.2, 0.25) is 22.4 Å². The average molecular weight is 758 g/mol. The molecule has 5 rings (SSSR count). The van der Waals surface area contributed by atoms with Crippen LogP contribution >= 0.6 is 23.2 Å². The van der Waals surface area contributed by atoms with E-state index in [1.165, 1.54) is 73.1 Å². The third-order valence-electron chi connectivity index (χ3n) is 7.60. The smallest absolute Gasteiger partial charge is 0.260 e. The molecule has 5 aromatic rings. The lowest BCUT2D eigenvalue weighted by Crippen LogP contribution is -2.36. The zero-order chi connectivity index (χ0) is 36.9. The fourth-order valence-electron chi connectivity index (χ4n) is 5.36. The Morgan fingerprint density at radius 1 is 0.843 bits per heavy atom. The number of aromatic nitrogens is 1. The number of halogens is 4. The Balaban J connectivity index is 1.59. The zero-order valence-electron chi connectivity index (χ0n) is 27.5. The first-order valence-corrected chi connectivity index (χ1v) is 17.9. The number of phenolic OH excluding ortho intramolecular Hbond substituents is 1. The molecule has 0 unspecified atom stereocenters. The average Bonchev–Trinajstić information content (AvgIpc) is 3.07. The number of hydrogen-bond acceptors (Lipinski definition) is 6. The number of rotatable bonds is 13. The maximum Gasteiger partial charge on any atom is 0.260 e. The Hall–Kier alpha value is -4.75. The quantitative estimate of drug-likeness (QED) is 0.0932. The van der Waals surface area contributed by atoms with Gasteiger partial charge in [-0.15, -0.1) is 0 Å². The lowest BCUT2D eigenvalue weighted by atomic mass is 10.1. The fourth-order valence-corrected chi connectivity index (χ4v) is 7.52. The van der Waals surface area contributed by atoms with Gasteiger partial charge < -0.3 is 14.7 Å². The number of carbonyl (C=O) groups is 1. The second kappa shape index (κ2) is 16.1. The van der Waals surface area contributed by atoms with Crippen LogP contribution in [0.15, 0.2) is 108 Å². The fraction of sp³-hybridized carbons (Fsp3) is 0.189. The third kappa shape index (κ3) is 9.73. The molecule has 1 amide bonds. The van der Waals surface area contributed by atoms with E-state index in [4.69, 9.17) is 27.9 Å². The number of aromatic hydroxyl groups is 1. The normalized spacial score (nSPS) is 11.6. The molecule has 2 N–H and O–H groups in total. The Morgan fingerprint density at radius 2 is 1.45 bits per heavy atom. The van der Waals surface area contributed by atoms with E-state index in [1.54, 1.807) is 29.2 Å². The van der Waals surface area contributed by atoms with Crippen molar-refractivity contribution in [3.63, 3.8) is 0 Å². The van der Waals surface area contributed by atoms with Crippen molar-refractivity contribution in [1.82, 2.24) is 9.21 Å². The van der Waals surface area contributed by atoms with Crippen LogP contribution in [0.2, 0.25) is 10.0 Å². The number of nitrogens with zero attached hydrogens (tertiary/aromatic N) is 3. The highest BCUT2D eigenvalue weighted by Crippen LogP contribution is 2.37. The molecule has 0 radical (unpaired) electrons. The van der Waals surface area contributed by atoms with Gasteiger partial charge >= 0.3 is 0 Å². The molecule has 0 saturated heterocycles. The van der Waals surface area contributed by atoms with E-state index in [2.05, 4.69) is 0 Å². The molecule has 0 bridgehead atoms. The summed E-state index contributed by atoms with van der Waals surface area (Å²) in [5.41, 5.74) is 1.69. The summed E-state index contributed by atoms with van der Waals surface area (Å²) in [7, 11) is -4.52. The first-order chi connectivity index (χ1) is 24.2. The molecule has 1 heterocycles. The summed E-state index contributed by atoms with van der Waals surface area (Å²) in [5.74, 6) is -1.37. The van der Waals surface area contributed by atoms with Crippen LogP contribution in [0.1, 0.15) is 40.9 Å². The van der Waals surface area contributed by atoms with Crippen LogP contribution in [0.4, 0.5) is 8.78 Å². The SMILES string of the molecule is CC(C)CN(Cc1cc(CN(Cc2ccc(F)cc2)S(=O)(=O)c2cc(Cl)cc(Cl)c2O)cc(Oc2ccc(F)cc2)c1)C(=O)c1ccc[n+](O)c1. The predicted octanol–water partition coefficient (Wildman–Crippen LogP) is 7.98. The second-order valence-electron chi connectivity index (χ2n) is 12.2. The molecule has 14 heteroatoms. The van der Waals surface area contributed by atoms with Crippen LogP contribution in [-0.4, -0.2) is 40.4 Å². The summed E-state index contributed by atoms with van der Waals surface area (Å²) in [5, 5.41) is 20.4. The van der Waals surface area contributed by atoms with E-state index in [0.29, 0.717) is 29.0 Å². The van der Waals surface area contributed by atoms with Crippen LogP contribution in [0.3, 0.4) is 0 Å². The maximum absolute atomic E-state index is 14.2. The standard InChI is InChI=1S/C37H33Cl2F2N3O6S/c1-24(2)19-42(37(46)28-4-3-13-43(47)23-28)20-26-14-27(16-33(15-26)50-32-11-9-31(41)10-12-32)22-44(21-25-5-7-30(40)8-6-25)51(48,49)35-18-29(38)17-34(39)36(35)45/h3-18,23-24H,19-22H2,1-2H3,(H-,45,47)/p+1. The molecule has 0 fully saturated rings. The number of benzene rings is 4. The van der Waals surface area contributed by atoms with E-state index < -0.39 is 32.3 Å². The number of amides is 1. The summed E-state index contributed by atoms with van der Waals surface area (Å²) in [6.45, 7) is 3.80. The van der Waals surface area contributed by atoms with Crippen LogP contribution in [-0.2, 0) is 29.7 Å². The van der Waals surface area contributed by atoms with E-state index in [1.807, 2.05) is 13.8 Å². The summed E-state index contributed by atoms with van der Waals surface area (Å²) < 4.78 is 63.9. The zero-order valence-corrected chi connectivity index (χ0v) is 29.8. The van der Waals surface area contributed by atoms with Gasteiger partial charge in [-0.1, -0.05) is 55.2 Å². The van der Waals surface area contributed by atoms with Gasteiger partial charge in [0.25, 0.3) is 5.91 Å². The summed E-state index contributed by atoms with van der Waals surface area (Å²) in [6, 6.07) is 21.1. The van der Waals surface area contributed by atoms with Gasteiger partial charge in [0.1, 0.15) is 33.6 Å². The van der Waals surface area contributed by atoms with Gasteiger partial charge in [-0.25, -0.2) is 17.2 Å². The van der Waals surface area contributed by atoms with Crippen LogP contribution in [0.5, 0.6) is 17.2 Å². The summed E-state index contributed by atoms with van der Waals surface area (Å²) in [4.78, 5) is 14.8. The number of pyridine rings is 1. The van der Waals surface area contributed by atoms with Crippen molar-refractivity contribution >= 4 is 39.1 Å². The Labute approximate surface area is 304 Å². The number of phenols is 1. The Morgan fingerprint density at radius 3 is 2.08 bits per heavy atom. The van der Waals surface area contributed by atoms with Gasteiger partial charge in [0, 0.05) is 42.0 Å². The predicted molar refractivity (Wildman–Crippen MR) is 187 cm³/mol. The molecule has 266 valence electrons. The van der Waals surface area contributed by atoms with E-state index in [9.17, 15) is 32.3 Å². The molecule has 0 aliphatic rings. The first kappa shape index (κ1) is 37.5. The van der Waals surface area contributed by atoms with Crippen molar-refractivity contribution in [3.8, 4) is 17.2 Å². The number of carbonyl (C=O) groups excluding carboxylic acids is 1. The number of ether oxygens (including phenoxy) is 1. The molecule has 0 spiro atoms. The third-order valence-corrected chi connectivity index (χ3v) is 9.91. The van der Waals surface area contributed by atoms with Crippen molar-refractivity contribution in [2.45, 2.75) is 38.4 Å². The van der Waals surface area contributed by atoms with Gasteiger partial charge in [-0.05, 0) is 89.3 Å². The lowest BCUT2D eigenvalue weighted by molar-refractivity contribution is -0.904. The molecule has 0 aliphatic carbocycles. The van der Waals surface area contributed by atoms with Crippen molar-refractivity contribution in [2.75, 3.05) is 6.54 Å². The van der Waals surface area contributed by atoms with E-state index >= 15 is 0 Å². The van der Waals surface area contributed by atoms with Crippen LogP contribution < -0.4 is 9.47 Å². The number of sulfonamides is 1. The second-order valence-corrected chi connectivity index (χ2v) is 15.0. The van der Waals surface area contributed by atoms with E-state index in [0.717, 1.165) is 15.1 Å². The van der Waals surface area contributed by atoms with Crippen LogP contribution in [0.25, 0.3) is 0 Å². The summed E-state index contributed by atoms with van der Waals surface area (Å²) in [6.07, 6.45) is 2.68. The molecular formula is C37H34Cl2F2N3O6S+. The monoisotopic (exact) mass is 756 g/mol. The highest BCUT2D eigenvalue weighted by molar-refractivity contribution is 7.89. The molecule has 51 heavy (non-hydrogen) atoms. The van der Waals surface area contributed by atoms with Crippen molar-refractivity contribution in [3.05, 3.63) is 147 Å². The Kier molecular flexibility index (Phi) is 11.8. The molecule has 9 nitrogen and oxygen atoms in total. The largest absolute Gasteiger partial charge is 0.505 e. The maximum atomic E-state index is 14.2. The highest BCUT2D eigenvalue weighted by atomic mass is 35.5. The number of hydrogen-bond donors (Lipinski definition) is 2. The minimum atomic E-state index is -4.52. The first-order valence-electron chi connectivity index (χ1n) is 15.7.